The zero-order valence-corrected chi connectivity index (χ0v) is 11.5. The lowest BCUT2D eigenvalue weighted by Crippen LogP contribution is -2.01. The van der Waals surface area contributed by atoms with Crippen LogP contribution < -0.4 is 5.73 Å². The van der Waals surface area contributed by atoms with E-state index in [1.807, 2.05) is 18.4 Å². The van der Waals surface area contributed by atoms with Crippen LogP contribution in [0.3, 0.4) is 0 Å². The summed E-state index contributed by atoms with van der Waals surface area (Å²) in [5.74, 6) is 1.16. The molecule has 6 heteroatoms. The summed E-state index contributed by atoms with van der Waals surface area (Å²) in [7, 11) is 0. The molecule has 0 bridgehead atoms. The van der Waals surface area contributed by atoms with Gasteiger partial charge >= 0.3 is 0 Å². The number of aryl methyl sites for hydroxylation is 1. The molecule has 0 saturated heterocycles. The number of rotatable bonds is 1. The van der Waals surface area contributed by atoms with Crippen molar-refractivity contribution in [1.82, 2.24) is 9.97 Å². The molecule has 2 rings (SSSR count). The fourth-order valence-corrected chi connectivity index (χ4v) is 2.37. The molecule has 2 heterocycles. The van der Waals surface area contributed by atoms with Crippen LogP contribution in [0.4, 0.5) is 5.82 Å². The highest BCUT2D eigenvalue weighted by Crippen LogP contribution is 2.29. The molecule has 15 heavy (non-hydrogen) atoms. The second-order valence-corrected chi connectivity index (χ2v) is 5.39. The second-order valence-electron chi connectivity index (χ2n) is 2.96. The van der Waals surface area contributed by atoms with Crippen LogP contribution in [0.1, 0.15) is 5.69 Å². The highest BCUT2D eigenvalue weighted by molar-refractivity contribution is 14.1. The average Bonchev–Trinajstić information content (AvgIpc) is 2.60. The van der Waals surface area contributed by atoms with Crippen LogP contribution in [0.2, 0.25) is 5.02 Å². The number of nitrogens with two attached hydrogens (primary N) is 1. The lowest BCUT2D eigenvalue weighted by atomic mass is 10.4. The molecule has 0 spiro atoms. The van der Waals surface area contributed by atoms with Crippen LogP contribution in [0.15, 0.2) is 11.4 Å². The molecule has 0 atom stereocenters. The topological polar surface area (TPSA) is 51.8 Å². The Kier molecular flexibility index (Phi) is 3.13. The number of nitrogens with zero attached hydrogens (tertiary/aromatic N) is 2. The first-order valence-electron chi connectivity index (χ1n) is 4.12. The minimum Gasteiger partial charge on any atom is -0.383 e. The standard InChI is InChI=1S/C9H7ClIN3S/c1-4-7(11)8(12)14-9(13-4)6-2-5(10)3-15-6/h2-3H,1H3,(H2,12,13,14). The van der Waals surface area contributed by atoms with Crippen LogP contribution in [0.25, 0.3) is 10.7 Å². The highest BCUT2D eigenvalue weighted by Gasteiger charge is 2.09. The average molecular weight is 352 g/mol. The lowest BCUT2D eigenvalue weighted by Gasteiger charge is -2.03. The summed E-state index contributed by atoms with van der Waals surface area (Å²) in [6.45, 7) is 1.92. The Morgan fingerprint density at radius 2 is 2.20 bits per heavy atom. The second kappa shape index (κ2) is 4.23. The first kappa shape index (κ1) is 11.1. The van der Waals surface area contributed by atoms with Crippen LogP contribution in [-0.4, -0.2) is 9.97 Å². The van der Waals surface area contributed by atoms with Gasteiger partial charge in [-0.25, -0.2) is 9.97 Å². The quantitative estimate of drug-likeness (QED) is 0.802. The number of halogens is 2. The Morgan fingerprint density at radius 1 is 1.47 bits per heavy atom. The van der Waals surface area contributed by atoms with Gasteiger partial charge in [-0.3, -0.25) is 0 Å². The lowest BCUT2D eigenvalue weighted by molar-refractivity contribution is 1.11. The minimum atomic E-state index is 0.516. The molecule has 0 fully saturated rings. The van der Waals surface area contributed by atoms with Gasteiger partial charge < -0.3 is 5.73 Å². The van der Waals surface area contributed by atoms with Gasteiger partial charge in [0.2, 0.25) is 0 Å². The van der Waals surface area contributed by atoms with Crippen molar-refractivity contribution >= 4 is 51.3 Å². The van der Waals surface area contributed by atoms with Crippen molar-refractivity contribution < 1.29 is 0 Å². The summed E-state index contributed by atoms with van der Waals surface area (Å²) in [4.78, 5) is 9.53. The Hall–Kier alpha value is -0.400. The molecule has 0 aliphatic rings. The molecule has 0 radical (unpaired) electrons. The number of aromatic nitrogens is 2. The molecule has 0 aromatic carbocycles. The molecule has 78 valence electrons. The number of nitrogen functional groups attached to an aromatic ring is 1. The molecule has 0 unspecified atom stereocenters. The fourth-order valence-electron chi connectivity index (χ4n) is 1.12. The summed E-state index contributed by atoms with van der Waals surface area (Å²) >= 11 is 9.49. The monoisotopic (exact) mass is 351 g/mol. The van der Waals surface area contributed by atoms with Gasteiger partial charge in [0.25, 0.3) is 0 Å². The van der Waals surface area contributed by atoms with E-state index >= 15 is 0 Å². The molecule has 0 aliphatic carbocycles. The van der Waals surface area contributed by atoms with Crippen LogP contribution in [0, 0.1) is 10.5 Å². The maximum absolute atomic E-state index is 5.84. The summed E-state index contributed by atoms with van der Waals surface area (Å²) in [6.07, 6.45) is 0. The van der Waals surface area contributed by atoms with Crippen LogP contribution in [0.5, 0.6) is 0 Å². The van der Waals surface area contributed by atoms with Gasteiger partial charge in [0, 0.05) is 5.38 Å². The van der Waals surface area contributed by atoms with Crippen LogP contribution >= 0.6 is 45.5 Å². The van der Waals surface area contributed by atoms with Gasteiger partial charge in [0.15, 0.2) is 5.82 Å². The number of hydrogen-bond acceptors (Lipinski definition) is 4. The third-order valence-corrected chi connectivity index (χ3v) is 4.44. The van der Waals surface area contributed by atoms with Crippen molar-refractivity contribution in [2.24, 2.45) is 0 Å². The van der Waals surface area contributed by atoms with E-state index in [-0.39, 0.29) is 0 Å². The minimum absolute atomic E-state index is 0.516. The Bertz CT molecular complexity index is 489. The van der Waals surface area contributed by atoms with Gasteiger partial charge in [-0.05, 0) is 35.6 Å². The summed E-state index contributed by atoms with van der Waals surface area (Å²) in [5, 5.41) is 2.55. The smallest absolute Gasteiger partial charge is 0.171 e. The molecule has 2 aromatic rings. The van der Waals surface area contributed by atoms with E-state index < -0.39 is 0 Å². The summed E-state index contributed by atoms with van der Waals surface area (Å²) < 4.78 is 0.902. The molecule has 2 N–H and O–H groups in total. The summed E-state index contributed by atoms with van der Waals surface area (Å²) in [6, 6.07) is 1.84. The number of thiophene rings is 1. The predicted molar refractivity (Wildman–Crippen MR) is 72.2 cm³/mol. The van der Waals surface area contributed by atoms with Gasteiger partial charge in [-0.2, -0.15) is 0 Å². The largest absolute Gasteiger partial charge is 0.383 e. The van der Waals surface area contributed by atoms with Crippen molar-refractivity contribution in [3.05, 3.63) is 25.7 Å². The first-order chi connectivity index (χ1) is 7.08. The predicted octanol–water partition coefficient (Wildman–Crippen LogP) is 3.35. The molecule has 0 saturated carbocycles. The van der Waals surface area contributed by atoms with Crippen molar-refractivity contribution in [3.63, 3.8) is 0 Å². The molecular weight excluding hydrogens is 345 g/mol. The van der Waals surface area contributed by atoms with E-state index in [4.69, 9.17) is 17.3 Å². The van der Waals surface area contributed by atoms with E-state index in [9.17, 15) is 0 Å². The Balaban J connectivity index is 2.55. The molecule has 0 amide bonds. The third kappa shape index (κ3) is 2.24. The highest BCUT2D eigenvalue weighted by atomic mass is 127. The molecular formula is C9H7ClIN3S. The number of anilines is 1. The molecule has 2 aromatic heterocycles. The van der Waals surface area contributed by atoms with E-state index in [0.717, 1.165) is 14.1 Å². The fraction of sp³-hybridized carbons (Fsp3) is 0.111. The number of hydrogen-bond donors (Lipinski definition) is 1. The van der Waals surface area contributed by atoms with Crippen molar-refractivity contribution in [1.29, 1.82) is 0 Å². The van der Waals surface area contributed by atoms with Gasteiger partial charge in [0.05, 0.1) is 19.2 Å². The Labute approximate surface area is 110 Å². The molecule has 0 aliphatic heterocycles. The maximum atomic E-state index is 5.84. The van der Waals surface area contributed by atoms with Crippen molar-refractivity contribution in [2.45, 2.75) is 6.92 Å². The summed E-state index contributed by atoms with van der Waals surface area (Å²) in [5.41, 5.74) is 6.67. The SMILES string of the molecule is Cc1nc(-c2cc(Cl)cs2)nc(N)c1I. The van der Waals surface area contributed by atoms with Crippen molar-refractivity contribution in [2.75, 3.05) is 5.73 Å². The first-order valence-corrected chi connectivity index (χ1v) is 6.45. The van der Waals surface area contributed by atoms with Gasteiger partial charge in [0.1, 0.15) is 5.82 Å². The normalized spacial score (nSPS) is 10.6. The third-order valence-electron chi connectivity index (χ3n) is 1.83. The van der Waals surface area contributed by atoms with Gasteiger partial charge in [-0.15, -0.1) is 11.3 Å². The maximum Gasteiger partial charge on any atom is 0.171 e. The zero-order chi connectivity index (χ0) is 11.0. The zero-order valence-electron chi connectivity index (χ0n) is 7.79. The Morgan fingerprint density at radius 3 is 2.73 bits per heavy atom. The molecule has 3 nitrogen and oxygen atoms in total. The van der Waals surface area contributed by atoms with Crippen molar-refractivity contribution in [3.8, 4) is 10.7 Å². The van der Waals surface area contributed by atoms with E-state index in [1.165, 1.54) is 11.3 Å². The van der Waals surface area contributed by atoms with E-state index in [2.05, 4.69) is 32.6 Å². The van der Waals surface area contributed by atoms with Gasteiger partial charge in [-0.1, -0.05) is 11.6 Å². The van der Waals surface area contributed by atoms with E-state index in [0.29, 0.717) is 16.7 Å². The van der Waals surface area contributed by atoms with Crippen LogP contribution in [-0.2, 0) is 0 Å². The van der Waals surface area contributed by atoms with E-state index in [1.54, 1.807) is 0 Å².